The van der Waals surface area contributed by atoms with Crippen molar-refractivity contribution in [1.29, 1.82) is 0 Å². The number of sulfonamides is 1. The lowest BCUT2D eigenvalue weighted by atomic mass is 10.2. The summed E-state index contributed by atoms with van der Waals surface area (Å²) in [5, 5.41) is 10.9. The van der Waals surface area contributed by atoms with Crippen molar-refractivity contribution in [2.24, 2.45) is 0 Å². The van der Waals surface area contributed by atoms with E-state index in [0.29, 0.717) is 12.2 Å². The van der Waals surface area contributed by atoms with E-state index >= 15 is 0 Å². The number of carbonyl (C=O) groups is 2. The predicted octanol–water partition coefficient (Wildman–Crippen LogP) is -0.735. The van der Waals surface area contributed by atoms with Gasteiger partial charge in [0.1, 0.15) is 12.6 Å². The number of hydrogen-bond donors (Lipinski definition) is 3. The Morgan fingerprint density at radius 3 is 2.57 bits per heavy atom. The van der Waals surface area contributed by atoms with E-state index < -0.39 is 34.5 Å². The molecule has 0 spiro atoms. The molecule has 1 amide bonds. The van der Waals surface area contributed by atoms with Crippen molar-refractivity contribution >= 4 is 33.7 Å². The summed E-state index contributed by atoms with van der Waals surface area (Å²) in [6.45, 7) is 1.23. The zero-order valence-corrected chi connectivity index (χ0v) is 13.8. The monoisotopic (exact) mass is 342 g/mol. The van der Waals surface area contributed by atoms with Crippen molar-refractivity contribution in [3.63, 3.8) is 0 Å². The van der Waals surface area contributed by atoms with Crippen LogP contribution in [0.4, 0.5) is 0 Å². The molecule has 0 radical (unpaired) electrons. The van der Waals surface area contributed by atoms with Gasteiger partial charge in [0.25, 0.3) is 0 Å². The van der Waals surface area contributed by atoms with Crippen LogP contribution in [0.1, 0.15) is 13.3 Å². The standard InChI is InChI=1S/C11H22N2O6S2/c1-3-21(17,18)13-9(4-7-20-2)11(16)12-5-6-19-8-10(14)15/h9,13H,3-8H2,1-2H3,(H,12,16)(H,14,15). The minimum absolute atomic E-state index is 0.0494. The predicted molar refractivity (Wildman–Crippen MR) is 80.8 cm³/mol. The molecule has 0 saturated heterocycles. The van der Waals surface area contributed by atoms with Crippen LogP contribution in [-0.4, -0.2) is 69.0 Å². The van der Waals surface area contributed by atoms with Crippen LogP contribution >= 0.6 is 11.8 Å². The van der Waals surface area contributed by atoms with Gasteiger partial charge < -0.3 is 15.2 Å². The maximum absolute atomic E-state index is 11.9. The van der Waals surface area contributed by atoms with Crippen LogP contribution in [0.5, 0.6) is 0 Å². The Kier molecular flexibility index (Phi) is 10.4. The Hall–Kier alpha value is -0.840. The average molecular weight is 342 g/mol. The zero-order chi connectivity index (χ0) is 16.3. The number of carboxylic acids is 1. The van der Waals surface area contributed by atoms with Gasteiger partial charge >= 0.3 is 5.97 Å². The first kappa shape index (κ1) is 20.2. The smallest absolute Gasteiger partial charge is 0.329 e. The molecule has 10 heteroatoms. The van der Waals surface area contributed by atoms with Crippen LogP contribution in [0, 0.1) is 0 Å². The van der Waals surface area contributed by atoms with Gasteiger partial charge in [-0.2, -0.15) is 11.8 Å². The molecule has 0 heterocycles. The number of carbonyl (C=O) groups excluding carboxylic acids is 1. The van der Waals surface area contributed by atoms with Crippen molar-refractivity contribution in [3.05, 3.63) is 0 Å². The third-order valence-electron chi connectivity index (χ3n) is 2.40. The number of rotatable bonds is 12. The molecule has 3 N–H and O–H groups in total. The number of carboxylic acid groups (broad SMARTS) is 1. The lowest BCUT2D eigenvalue weighted by molar-refractivity contribution is -0.142. The molecule has 124 valence electrons. The molecule has 1 unspecified atom stereocenters. The maximum Gasteiger partial charge on any atom is 0.329 e. The lowest BCUT2D eigenvalue weighted by Crippen LogP contribution is -2.48. The number of thioether (sulfide) groups is 1. The molecule has 0 aliphatic carbocycles. The van der Waals surface area contributed by atoms with Crippen molar-refractivity contribution < 1.29 is 27.9 Å². The Labute approximate surface area is 129 Å². The van der Waals surface area contributed by atoms with Gasteiger partial charge in [-0.25, -0.2) is 17.9 Å². The highest BCUT2D eigenvalue weighted by atomic mass is 32.2. The van der Waals surface area contributed by atoms with Crippen LogP contribution < -0.4 is 10.0 Å². The molecule has 0 aromatic rings. The van der Waals surface area contributed by atoms with Crippen LogP contribution in [0.2, 0.25) is 0 Å². The maximum atomic E-state index is 11.9. The Balaban J connectivity index is 4.28. The average Bonchev–Trinajstić information content (AvgIpc) is 2.42. The Morgan fingerprint density at radius 1 is 1.38 bits per heavy atom. The van der Waals surface area contributed by atoms with E-state index in [2.05, 4.69) is 10.0 Å². The van der Waals surface area contributed by atoms with Gasteiger partial charge in [0, 0.05) is 6.54 Å². The Bertz CT molecular complexity index is 426. The summed E-state index contributed by atoms with van der Waals surface area (Å²) in [6.07, 6.45) is 2.24. The zero-order valence-electron chi connectivity index (χ0n) is 12.1. The van der Waals surface area contributed by atoms with Gasteiger partial charge in [0.2, 0.25) is 15.9 Å². The van der Waals surface area contributed by atoms with Gasteiger partial charge in [-0.05, 0) is 25.4 Å². The van der Waals surface area contributed by atoms with Crippen molar-refractivity contribution in [3.8, 4) is 0 Å². The molecule has 0 aliphatic heterocycles. The van der Waals surface area contributed by atoms with Crippen molar-refractivity contribution in [1.82, 2.24) is 10.0 Å². The molecule has 0 saturated carbocycles. The van der Waals surface area contributed by atoms with Crippen LogP contribution in [0.15, 0.2) is 0 Å². The highest BCUT2D eigenvalue weighted by Gasteiger charge is 2.22. The minimum atomic E-state index is -3.47. The van der Waals surface area contributed by atoms with Crippen LogP contribution in [0.3, 0.4) is 0 Å². The second-order valence-corrected chi connectivity index (χ2v) is 7.12. The quantitative estimate of drug-likeness (QED) is 0.399. The van der Waals surface area contributed by atoms with Gasteiger partial charge in [-0.15, -0.1) is 0 Å². The fourth-order valence-corrected chi connectivity index (χ4v) is 2.60. The first-order valence-corrected chi connectivity index (χ1v) is 9.43. The highest BCUT2D eigenvalue weighted by molar-refractivity contribution is 7.98. The van der Waals surface area contributed by atoms with E-state index in [1.807, 2.05) is 6.26 Å². The Morgan fingerprint density at radius 2 is 2.05 bits per heavy atom. The number of hydrogen-bond acceptors (Lipinski definition) is 6. The number of ether oxygens (including phenoxy) is 1. The second kappa shape index (κ2) is 10.8. The van der Waals surface area contributed by atoms with E-state index in [-0.39, 0.29) is 18.9 Å². The third-order valence-corrected chi connectivity index (χ3v) is 4.45. The number of aliphatic carboxylic acids is 1. The van der Waals surface area contributed by atoms with Crippen molar-refractivity contribution in [2.75, 3.05) is 37.5 Å². The molecular formula is C11H22N2O6S2. The fraction of sp³-hybridized carbons (Fsp3) is 0.818. The molecule has 8 nitrogen and oxygen atoms in total. The van der Waals surface area contributed by atoms with Gasteiger partial charge in [-0.3, -0.25) is 4.79 Å². The molecule has 0 aromatic heterocycles. The van der Waals surface area contributed by atoms with E-state index in [9.17, 15) is 18.0 Å². The molecule has 1 atom stereocenters. The van der Waals surface area contributed by atoms with Gasteiger partial charge in [-0.1, -0.05) is 0 Å². The van der Waals surface area contributed by atoms with E-state index in [1.165, 1.54) is 18.7 Å². The molecule has 0 aliphatic rings. The van der Waals surface area contributed by atoms with Crippen molar-refractivity contribution in [2.45, 2.75) is 19.4 Å². The first-order valence-electron chi connectivity index (χ1n) is 6.38. The summed E-state index contributed by atoms with van der Waals surface area (Å²) in [7, 11) is -3.47. The molecule has 0 fully saturated rings. The molecule has 21 heavy (non-hydrogen) atoms. The fourth-order valence-electron chi connectivity index (χ4n) is 1.31. The summed E-state index contributed by atoms with van der Waals surface area (Å²) < 4.78 is 30.2. The summed E-state index contributed by atoms with van der Waals surface area (Å²) in [6, 6.07) is -0.832. The lowest BCUT2D eigenvalue weighted by Gasteiger charge is -2.17. The minimum Gasteiger partial charge on any atom is -0.480 e. The van der Waals surface area contributed by atoms with E-state index in [0.717, 1.165) is 0 Å². The van der Waals surface area contributed by atoms with Gasteiger partial charge in [0.05, 0.1) is 12.4 Å². The topological polar surface area (TPSA) is 122 Å². The van der Waals surface area contributed by atoms with E-state index in [4.69, 9.17) is 9.84 Å². The largest absolute Gasteiger partial charge is 0.480 e. The summed E-state index contributed by atoms with van der Waals surface area (Å²) in [4.78, 5) is 22.1. The SMILES string of the molecule is CCS(=O)(=O)NC(CCSC)C(=O)NCCOCC(=O)O. The highest BCUT2D eigenvalue weighted by Crippen LogP contribution is 2.03. The van der Waals surface area contributed by atoms with Gasteiger partial charge in [0.15, 0.2) is 0 Å². The molecule has 0 rings (SSSR count). The molecule has 0 aromatic carbocycles. The van der Waals surface area contributed by atoms with Crippen LogP contribution in [0.25, 0.3) is 0 Å². The van der Waals surface area contributed by atoms with Crippen LogP contribution in [-0.2, 0) is 24.3 Å². The molecule has 0 bridgehead atoms. The number of nitrogens with one attached hydrogen (secondary N) is 2. The summed E-state index contributed by atoms with van der Waals surface area (Å²) in [5.74, 6) is -0.993. The summed E-state index contributed by atoms with van der Waals surface area (Å²) >= 11 is 1.51. The first-order chi connectivity index (χ1) is 9.82. The summed E-state index contributed by atoms with van der Waals surface area (Å²) in [5.41, 5.74) is 0. The molecular weight excluding hydrogens is 320 g/mol. The van der Waals surface area contributed by atoms with E-state index in [1.54, 1.807) is 0 Å². The normalized spacial score (nSPS) is 12.9. The number of amides is 1. The second-order valence-electron chi connectivity index (χ2n) is 4.09. The third kappa shape index (κ3) is 10.5.